The van der Waals surface area contributed by atoms with Gasteiger partial charge >= 0.3 is 0 Å². The topological polar surface area (TPSA) is 42.1 Å². The van der Waals surface area contributed by atoms with E-state index in [1.54, 1.807) is 0 Å². The van der Waals surface area contributed by atoms with Crippen molar-refractivity contribution in [1.29, 1.82) is 0 Å². The molecule has 1 saturated carbocycles. The molecule has 1 heterocycles. The molecule has 0 saturated heterocycles. The van der Waals surface area contributed by atoms with E-state index in [0.29, 0.717) is 19.1 Å². The highest BCUT2D eigenvalue weighted by Crippen LogP contribution is 2.31. The monoisotopic (exact) mass is 227 g/mol. The van der Waals surface area contributed by atoms with Crippen molar-refractivity contribution in [2.75, 3.05) is 18.0 Å². The van der Waals surface area contributed by atoms with Crippen LogP contribution in [-0.4, -0.2) is 24.1 Å². The Morgan fingerprint density at radius 1 is 1.44 bits per heavy atom. The third kappa shape index (κ3) is 2.47. The minimum Gasteiger partial charge on any atom is -0.351 e. The van der Waals surface area contributed by atoms with Crippen molar-refractivity contribution in [3.8, 4) is 0 Å². The summed E-state index contributed by atoms with van der Waals surface area (Å²) in [6.45, 7) is 1.24. The minimum atomic E-state index is -0.643. The Morgan fingerprint density at radius 3 is 2.75 bits per heavy atom. The van der Waals surface area contributed by atoms with Gasteiger partial charge in [0.15, 0.2) is 11.6 Å². The van der Waals surface area contributed by atoms with Gasteiger partial charge in [0.2, 0.25) is 0 Å². The smallest absolute Gasteiger partial charge is 0.168 e. The van der Waals surface area contributed by atoms with Crippen LogP contribution in [0.1, 0.15) is 19.3 Å². The number of hydrogen-bond donors (Lipinski definition) is 1. The van der Waals surface area contributed by atoms with Gasteiger partial charge in [0.05, 0.1) is 6.20 Å². The van der Waals surface area contributed by atoms with Gasteiger partial charge in [-0.3, -0.25) is 0 Å². The molecular weight excluding hydrogens is 212 g/mol. The maximum absolute atomic E-state index is 13.5. The minimum absolute atomic E-state index is 0.248. The van der Waals surface area contributed by atoms with Gasteiger partial charge in [-0.05, 0) is 25.8 Å². The molecule has 2 N–H and O–H groups in total. The largest absolute Gasteiger partial charge is 0.351 e. The summed E-state index contributed by atoms with van der Waals surface area (Å²) < 4.78 is 26.3. The number of rotatable bonds is 5. The molecule has 0 aliphatic heterocycles. The molecule has 0 radical (unpaired) electrons. The fourth-order valence-electron chi connectivity index (χ4n) is 1.73. The lowest BCUT2D eigenvalue weighted by atomic mass is 10.3. The van der Waals surface area contributed by atoms with Crippen LogP contribution in [0.4, 0.5) is 14.6 Å². The molecule has 16 heavy (non-hydrogen) atoms. The van der Waals surface area contributed by atoms with Crippen molar-refractivity contribution in [2.45, 2.75) is 25.3 Å². The maximum atomic E-state index is 13.5. The van der Waals surface area contributed by atoms with E-state index in [-0.39, 0.29) is 5.82 Å². The van der Waals surface area contributed by atoms with Crippen LogP contribution < -0.4 is 10.6 Å². The normalized spacial score (nSPS) is 15.2. The number of pyridine rings is 1. The van der Waals surface area contributed by atoms with Crippen molar-refractivity contribution in [3.05, 3.63) is 23.9 Å². The molecule has 0 bridgehead atoms. The Labute approximate surface area is 93.3 Å². The average Bonchev–Trinajstić information content (AvgIpc) is 3.05. The molecule has 1 aromatic heterocycles. The number of aromatic nitrogens is 1. The Morgan fingerprint density at radius 2 is 2.19 bits per heavy atom. The Kier molecular flexibility index (Phi) is 3.33. The molecule has 5 heteroatoms. The molecule has 1 aromatic rings. The molecule has 1 fully saturated rings. The van der Waals surface area contributed by atoms with E-state index in [9.17, 15) is 8.78 Å². The van der Waals surface area contributed by atoms with E-state index in [0.717, 1.165) is 31.5 Å². The standard InChI is InChI=1S/C11H15F2N3/c12-8-6-10(13)11(15-7-8)16(5-1-4-14)9-2-3-9/h6-7,9H,1-5,14H2. The van der Waals surface area contributed by atoms with E-state index in [1.807, 2.05) is 4.90 Å². The van der Waals surface area contributed by atoms with E-state index in [1.165, 1.54) is 0 Å². The van der Waals surface area contributed by atoms with Gasteiger partial charge in [-0.15, -0.1) is 0 Å². The van der Waals surface area contributed by atoms with E-state index < -0.39 is 11.6 Å². The van der Waals surface area contributed by atoms with E-state index in [2.05, 4.69) is 4.98 Å². The SMILES string of the molecule is NCCCN(c1ncc(F)cc1F)C1CC1. The van der Waals surface area contributed by atoms with Crippen molar-refractivity contribution in [3.63, 3.8) is 0 Å². The molecular formula is C11H15F2N3. The van der Waals surface area contributed by atoms with Gasteiger partial charge in [0, 0.05) is 18.7 Å². The lowest BCUT2D eigenvalue weighted by Gasteiger charge is -2.23. The van der Waals surface area contributed by atoms with Crippen LogP contribution in [0.2, 0.25) is 0 Å². The molecule has 1 aliphatic carbocycles. The second kappa shape index (κ2) is 4.74. The van der Waals surface area contributed by atoms with Crippen molar-refractivity contribution in [1.82, 2.24) is 4.98 Å². The van der Waals surface area contributed by atoms with Gasteiger partial charge < -0.3 is 10.6 Å². The number of halogens is 2. The molecule has 3 nitrogen and oxygen atoms in total. The summed E-state index contributed by atoms with van der Waals surface area (Å²) in [6.07, 6.45) is 3.93. The first-order valence-electron chi connectivity index (χ1n) is 5.50. The summed E-state index contributed by atoms with van der Waals surface area (Å²) in [7, 11) is 0. The highest BCUT2D eigenvalue weighted by atomic mass is 19.1. The van der Waals surface area contributed by atoms with Gasteiger partial charge in [0.25, 0.3) is 0 Å². The zero-order chi connectivity index (χ0) is 11.5. The van der Waals surface area contributed by atoms with Gasteiger partial charge in [-0.1, -0.05) is 0 Å². The summed E-state index contributed by atoms with van der Waals surface area (Å²) in [5.74, 6) is -0.989. The van der Waals surface area contributed by atoms with Crippen LogP contribution >= 0.6 is 0 Å². The zero-order valence-electron chi connectivity index (χ0n) is 9.00. The second-order valence-corrected chi connectivity index (χ2v) is 4.03. The van der Waals surface area contributed by atoms with Crippen LogP contribution in [0.25, 0.3) is 0 Å². The van der Waals surface area contributed by atoms with E-state index in [4.69, 9.17) is 5.73 Å². The molecule has 0 aromatic carbocycles. The summed E-state index contributed by atoms with van der Waals surface area (Å²) >= 11 is 0. The fourth-order valence-corrected chi connectivity index (χ4v) is 1.73. The molecule has 0 amide bonds. The number of nitrogens with zero attached hydrogens (tertiary/aromatic N) is 2. The highest BCUT2D eigenvalue weighted by Gasteiger charge is 2.31. The lowest BCUT2D eigenvalue weighted by Crippen LogP contribution is -2.30. The molecule has 2 rings (SSSR count). The molecule has 88 valence electrons. The van der Waals surface area contributed by atoms with Crippen molar-refractivity contribution >= 4 is 5.82 Å². The van der Waals surface area contributed by atoms with Gasteiger partial charge in [0.1, 0.15) is 5.82 Å². The van der Waals surface area contributed by atoms with Crippen LogP contribution in [0.5, 0.6) is 0 Å². The van der Waals surface area contributed by atoms with Gasteiger partial charge in [-0.2, -0.15) is 0 Å². The first-order valence-corrected chi connectivity index (χ1v) is 5.50. The maximum Gasteiger partial charge on any atom is 0.168 e. The zero-order valence-corrected chi connectivity index (χ0v) is 9.00. The van der Waals surface area contributed by atoms with Crippen LogP contribution in [0.15, 0.2) is 12.3 Å². The Hall–Kier alpha value is -1.23. The summed E-state index contributed by atoms with van der Waals surface area (Å²) in [4.78, 5) is 5.72. The third-order valence-corrected chi connectivity index (χ3v) is 2.65. The van der Waals surface area contributed by atoms with Crippen LogP contribution in [0, 0.1) is 11.6 Å². The number of hydrogen-bond acceptors (Lipinski definition) is 3. The third-order valence-electron chi connectivity index (χ3n) is 2.65. The quantitative estimate of drug-likeness (QED) is 0.832. The van der Waals surface area contributed by atoms with Crippen molar-refractivity contribution < 1.29 is 8.78 Å². The first kappa shape index (κ1) is 11.3. The second-order valence-electron chi connectivity index (χ2n) is 4.03. The molecule has 1 aliphatic rings. The van der Waals surface area contributed by atoms with Crippen molar-refractivity contribution in [2.24, 2.45) is 5.73 Å². The summed E-state index contributed by atoms with van der Waals surface area (Å²) in [6, 6.07) is 1.22. The number of anilines is 1. The average molecular weight is 227 g/mol. The molecule has 0 spiro atoms. The lowest BCUT2D eigenvalue weighted by molar-refractivity contribution is 0.564. The van der Waals surface area contributed by atoms with Gasteiger partial charge in [-0.25, -0.2) is 13.8 Å². The highest BCUT2D eigenvalue weighted by molar-refractivity contribution is 5.42. The number of nitrogens with two attached hydrogens (primary N) is 1. The molecule has 0 unspecified atom stereocenters. The van der Waals surface area contributed by atoms with Crippen LogP contribution in [0.3, 0.4) is 0 Å². The summed E-state index contributed by atoms with van der Waals surface area (Å²) in [5, 5.41) is 0. The van der Waals surface area contributed by atoms with E-state index >= 15 is 0 Å². The first-order chi connectivity index (χ1) is 7.72. The Balaban J connectivity index is 2.17. The molecule has 0 atom stereocenters. The predicted octanol–water partition coefficient (Wildman–Crippen LogP) is 1.68. The van der Waals surface area contributed by atoms with Crippen LogP contribution in [-0.2, 0) is 0 Å². The Bertz CT molecular complexity index is 366. The fraction of sp³-hybridized carbons (Fsp3) is 0.545. The predicted molar refractivity (Wildman–Crippen MR) is 58.2 cm³/mol. The summed E-state index contributed by atoms with van der Waals surface area (Å²) in [5.41, 5.74) is 5.44.